The predicted molar refractivity (Wildman–Crippen MR) is 81.6 cm³/mol. The zero-order valence-corrected chi connectivity index (χ0v) is 12.9. The second-order valence-corrected chi connectivity index (χ2v) is 5.86. The van der Waals surface area contributed by atoms with Crippen molar-refractivity contribution in [3.8, 4) is 11.4 Å². The fourth-order valence-electron chi connectivity index (χ4n) is 2.73. The first-order valence-electron chi connectivity index (χ1n) is 6.98. The second kappa shape index (κ2) is 5.23. The van der Waals surface area contributed by atoms with E-state index in [4.69, 9.17) is 4.74 Å². The summed E-state index contributed by atoms with van der Waals surface area (Å²) < 4.78 is 8.63. The summed E-state index contributed by atoms with van der Waals surface area (Å²) in [7, 11) is 0. The highest BCUT2D eigenvalue weighted by molar-refractivity contribution is 9.10. The van der Waals surface area contributed by atoms with Crippen LogP contribution < -0.4 is 0 Å². The number of H-pyrrole nitrogens is 1. The summed E-state index contributed by atoms with van der Waals surface area (Å²) in [6.45, 7) is 0.804. The smallest absolute Gasteiger partial charge is 0.180 e. The molecule has 0 amide bonds. The summed E-state index contributed by atoms with van der Waals surface area (Å²) in [6.07, 6.45) is 4.92. The molecule has 1 aliphatic heterocycles. The lowest BCUT2D eigenvalue weighted by Gasteiger charge is -2.23. The molecule has 21 heavy (non-hydrogen) atoms. The van der Waals surface area contributed by atoms with Crippen LogP contribution in [0, 0.1) is 0 Å². The monoisotopic (exact) mass is 347 g/mol. The van der Waals surface area contributed by atoms with Crippen molar-refractivity contribution in [3.63, 3.8) is 0 Å². The van der Waals surface area contributed by atoms with Crippen LogP contribution in [-0.4, -0.2) is 31.6 Å². The van der Waals surface area contributed by atoms with E-state index in [1.54, 1.807) is 6.33 Å². The number of hydrogen-bond acceptors (Lipinski definition) is 4. The van der Waals surface area contributed by atoms with E-state index in [9.17, 15) is 0 Å². The highest BCUT2D eigenvalue weighted by Gasteiger charge is 2.20. The van der Waals surface area contributed by atoms with Crippen LogP contribution in [0.5, 0.6) is 0 Å². The Morgan fingerprint density at radius 3 is 3.05 bits per heavy atom. The van der Waals surface area contributed by atoms with Crippen LogP contribution in [-0.2, 0) is 4.74 Å². The van der Waals surface area contributed by atoms with E-state index in [1.165, 1.54) is 6.42 Å². The van der Waals surface area contributed by atoms with Crippen LogP contribution in [0.2, 0.25) is 0 Å². The summed E-state index contributed by atoms with van der Waals surface area (Å²) in [5.41, 5.74) is 2.03. The molecule has 3 aromatic rings. The summed E-state index contributed by atoms with van der Waals surface area (Å²) in [5.74, 6) is 0.686. The van der Waals surface area contributed by atoms with E-state index >= 15 is 0 Å². The Morgan fingerprint density at radius 1 is 1.33 bits per heavy atom. The minimum absolute atomic E-state index is 0.0295. The first kappa shape index (κ1) is 13.0. The maximum absolute atomic E-state index is 5.84. The van der Waals surface area contributed by atoms with Gasteiger partial charge in [0.25, 0.3) is 0 Å². The third-order valence-corrected chi connectivity index (χ3v) is 4.35. The summed E-state index contributed by atoms with van der Waals surface area (Å²) in [6, 6.07) is 6.12. The predicted octanol–water partition coefficient (Wildman–Crippen LogP) is 3.28. The Balaban J connectivity index is 1.80. The average molecular weight is 348 g/mol. The first-order chi connectivity index (χ1) is 10.3. The van der Waals surface area contributed by atoms with Gasteiger partial charge in [-0.2, -0.15) is 10.2 Å². The molecule has 4 rings (SSSR count). The largest absolute Gasteiger partial charge is 0.356 e. The lowest BCUT2D eigenvalue weighted by molar-refractivity contribution is -0.0368. The minimum Gasteiger partial charge on any atom is -0.356 e. The molecule has 0 saturated carbocycles. The average Bonchev–Trinajstić information content (AvgIpc) is 3.17. The van der Waals surface area contributed by atoms with Gasteiger partial charge in [-0.25, -0.2) is 9.67 Å². The molecule has 1 N–H and O–H groups in total. The lowest BCUT2D eigenvalue weighted by atomic mass is 10.1. The number of nitrogens with zero attached hydrogens (tertiary/aromatic N) is 4. The molecule has 1 saturated heterocycles. The molecule has 7 heteroatoms. The maximum Gasteiger partial charge on any atom is 0.180 e. The summed E-state index contributed by atoms with van der Waals surface area (Å²) >= 11 is 3.55. The number of fused-ring (bicyclic) bond motifs is 1. The van der Waals surface area contributed by atoms with Crippen LogP contribution in [0.1, 0.15) is 25.5 Å². The molecule has 1 atom stereocenters. The fourth-order valence-corrected chi connectivity index (χ4v) is 3.22. The van der Waals surface area contributed by atoms with Crippen molar-refractivity contribution in [1.82, 2.24) is 25.0 Å². The molecule has 1 aliphatic rings. The van der Waals surface area contributed by atoms with Crippen LogP contribution in [0.15, 0.2) is 29.1 Å². The number of aromatic amines is 1. The van der Waals surface area contributed by atoms with E-state index in [0.717, 1.165) is 40.5 Å². The molecule has 6 nitrogen and oxygen atoms in total. The zero-order valence-electron chi connectivity index (χ0n) is 11.3. The zero-order chi connectivity index (χ0) is 14.2. The molecule has 0 bridgehead atoms. The van der Waals surface area contributed by atoms with E-state index in [0.29, 0.717) is 5.82 Å². The summed E-state index contributed by atoms with van der Waals surface area (Å²) in [5, 5.41) is 12.5. The second-order valence-electron chi connectivity index (χ2n) is 5.11. The molecule has 1 fully saturated rings. The van der Waals surface area contributed by atoms with Gasteiger partial charge >= 0.3 is 0 Å². The van der Waals surface area contributed by atoms with Crippen molar-refractivity contribution >= 4 is 26.8 Å². The van der Waals surface area contributed by atoms with Crippen molar-refractivity contribution in [1.29, 1.82) is 0 Å². The van der Waals surface area contributed by atoms with Crippen molar-refractivity contribution in [3.05, 3.63) is 29.1 Å². The number of rotatable bonds is 2. The van der Waals surface area contributed by atoms with Gasteiger partial charge in [-0.3, -0.25) is 5.10 Å². The van der Waals surface area contributed by atoms with Gasteiger partial charge in [0, 0.05) is 17.6 Å². The topological polar surface area (TPSA) is 68.6 Å². The third-order valence-electron chi connectivity index (χ3n) is 3.76. The standard InChI is InChI=1S/C14H14BrN5O/c15-13-10-7-9(14-16-8-17-18-14)4-5-11(10)20(19-13)12-3-1-2-6-21-12/h4-5,7-8,12H,1-3,6H2,(H,16,17,18). The Hall–Kier alpha value is -1.73. The first-order valence-corrected chi connectivity index (χ1v) is 7.78. The summed E-state index contributed by atoms with van der Waals surface area (Å²) in [4.78, 5) is 4.19. The molecule has 2 aromatic heterocycles. The molecule has 0 aliphatic carbocycles. The van der Waals surface area contributed by atoms with Crippen LogP contribution in [0.25, 0.3) is 22.3 Å². The molecular weight excluding hydrogens is 334 g/mol. The Bertz CT molecular complexity index is 761. The molecule has 1 unspecified atom stereocenters. The fraction of sp³-hybridized carbons (Fsp3) is 0.357. The number of ether oxygens (including phenoxy) is 1. The van der Waals surface area contributed by atoms with Crippen molar-refractivity contribution in [2.45, 2.75) is 25.5 Å². The third kappa shape index (κ3) is 2.26. The number of nitrogens with one attached hydrogen (secondary N) is 1. The molecule has 1 aromatic carbocycles. The molecule has 0 spiro atoms. The van der Waals surface area contributed by atoms with Gasteiger partial charge < -0.3 is 4.74 Å². The number of aromatic nitrogens is 5. The molecule has 0 radical (unpaired) electrons. The van der Waals surface area contributed by atoms with Gasteiger partial charge in [-0.15, -0.1) is 0 Å². The van der Waals surface area contributed by atoms with E-state index in [2.05, 4.69) is 48.3 Å². The molecule has 3 heterocycles. The van der Waals surface area contributed by atoms with Crippen molar-refractivity contribution in [2.75, 3.05) is 6.61 Å². The molecule has 108 valence electrons. The number of hydrogen-bond donors (Lipinski definition) is 1. The highest BCUT2D eigenvalue weighted by Crippen LogP contribution is 2.32. The van der Waals surface area contributed by atoms with Gasteiger partial charge in [-0.05, 0) is 53.4 Å². The van der Waals surface area contributed by atoms with Gasteiger partial charge in [0.1, 0.15) is 10.9 Å². The van der Waals surface area contributed by atoms with Crippen molar-refractivity contribution < 1.29 is 4.74 Å². The van der Waals surface area contributed by atoms with Gasteiger partial charge in [0.05, 0.1) is 5.52 Å². The normalized spacial score (nSPS) is 19.2. The Morgan fingerprint density at radius 2 is 2.29 bits per heavy atom. The van der Waals surface area contributed by atoms with E-state index in [1.807, 2.05) is 10.7 Å². The number of benzene rings is 1. The van der Waals surface area contributed by atoms with Crippen molar-refractivity contribution in [2.24, 2.45) is 0 Å². The van der Waals surface area contributed by atoms with E-state index in [-0.39, 0.29) is 6.23 Å². The van der Waals surface area contributed by atoms with Crippen LogP contribution in [0.3, 0.4) is 0 Å². The highest BCUT2D eigenvalue weighted by atomic mass is 79.9. The minimum atomic E-state index is 0.0295. The molecular formula is C14H14BrN5O. The number of halogens is 1. The van der Waals surface area contributed by atoms with Gasteiger partial charge in [0.2, 0.25) is 0 Å². The quantitative estimate of drug-likeness (QED) is 0.772. The Kier molecular flexibility index (Phi) is 3.23. The van der Waals surface area contributed by atoms with E-state index < -0.39 is 0 Å². The maximum atomic E-state index is 5.84. The Labute approximate surface area is 129 Å². The van der Waals surface area contributed by atoms with Gasteiger partial charge in [-0.1, -0.05) is 0 Å². The SMILES string of the molecule is Brc1nn(C2CCCCO2)c2ccc(-c3nc[nH]n3)cc12. The van der Waals surface area contributed by atoms with Crippen LogP contribution >= 0.6 is 15.9 Å². The van der Waals surface area contributed by atoms with Crippen LogP contribution in [0.4, 0.5) is 0 Å². The van der Waals surface area contributed by atoms with Gasteiger partial charge in [0.15, 0.2) is 12.1 Å². The lowest BCUT2D eigenvalue weighted by Crippen LogP contribution is -2.19.